The number of hydrogen-bond donors (Lipinski definition) is 1. The summed E-state index contributed by atoms with van der Waals surface area (Å²) in [5.74, 6) is 0.332. The highest BCUT2D eigenvalue weighted by Gasteiger charge is 2.21. The second-order valence-electron chi connectivity index (χ2n) is 3.46. The third-order valence-corrected chi connectivity index (χ3v) is 2.33. The lowest BCUT2D eigenvalue weighted by Crippen LogP contribution is -2.01. The van der Waals surface area contributed by atoms with Crippen LogP contribution in [0.1, 0.15) is 0 Å². The molecule has 0 aliphatic heterocycles. The first-order valence-electron chi connectivity index (χ1n) is 5.22. The van der Waals surface area contributed by atoms with Crippen LogP contribution in [0.25, 0.3) is 0 Å². The molecular weight excluding hydrogens is 234 g/mol. The molecule has 1 aromatic heterocycles. The van der Waals surface area contributed by atoms with Crippen molar-refractivity contribution < 1.29 is 9.66 Å². The molecule has 0 bridgehead atoms. The van der Waals surface area contributed by atoms with E-state index in [2.05, 4.69) is 10.3 Å². The van der Waals surface area contributed by atoms with E-state index in [9.17, 15) is 10.1 Å². The minimum absolute atomic E-state index is 0.158. The predicted octanol–water partition coefficient (Wildman–Crippen LogP) is 2.74. The van der Waals surface area contributed by atoms with Crippen LogP contribution in [0.4, 0.5) is 17.2 Å². The lowest BCUT2D eigenvalue weighted by atomic mass is 10.3. The van der Waals surface area contributed by atoms with Crippen molar-refractivity contribution in [3.05, 3.63) is 52.7 Å². The molecule has 6 heteroatoms. The molecular formula is C12H11N3O3. The lowest BCUT2D eigenvalue weighted by Gasteiger charge is -2.08. The normalized spacial score (nSPS) is 9.83. The molecule has 6 nitrogen and oxygen atoms in total. The molecule has 0 radical (unpaired) electrons. The van der Waals surface area contributed by atoms with Crippen molar-refractivity contribution in [2.24, 2.45) is 0 Å². The van der Waals surface area contributed by atoms with E-state index in [0.717, 1.165) is 5.69 Å². The molecule has 0 amide bonds. The van der Waals surface area contributed by atoms with E-state index in [0.29, 0.717) is 0 Å². The van der Waals surface area contributed by atoms with Gasteiger partial charge in [0, 0.05) is 18.0 Å². The Morgan fingerprint density at radius 2 is 2.00 bits per heavy atom. The Labute approximate surface area is 103 Å². The molecule has 2 rings (SSSR count). The third kappa shape index (κ3) is 2.37. The summed E-state index contributed by atoms with van der Waals surface area (Å²) in [4.78, 5) is 14.5. The molecule has 0 aliphatic rings. The van der Waals surface area contributed by atoms with Crippen molar-refractivity contribution in [1.82, 2.24) is 4.98 Å². The summed E-state index contributed by atoms with van der Waals surface area (Å²) in [5.41, 5.74) is 0.546. The first kappa shape index (κ1) is 11.8. The number of nitro groups is 1. The minimum Gasteiger partial charge on any atom is -0.490 e. The second kappa shape index (κ2) is 5.13. The molecule has 0 fully saturated rings. The number of pyridine rings is 1. The molecule has 0 atom stereocenters. The van der Waals surface area contributed by atoms with Gasteiger partial charge in [0.25, 0.3) is 0 Å². The van der Waals surface area contributed by atoms with Gasteiger partial charge in [0.1, 0.15) is 0 Å². The van der Waals surface area contributed by atoms with E-state index in [1.54, 1.807) is 12.1 Å². The van der Waals surface area contributed by atoms with Crippen molar-refractivity contribution in [1.29, 1.82) is 0 Å². The zero-order valence-corrected chi connectivity index (χ0v) is 9.66. The summed E-state index contributed by atoms with van der Waals surface area (Å²) in [7, 11) is 1.38. The number of methoxy groups -OCH3 is 1. The summed E-state index contributed by atoms with van der Waals surface area (Å²) in [5, 5.41) is 13.9. The average molecular weight is 245 g/mol. The van der Waals surface area contributed by atoms with Gasteiger partial charge < -0.3 is 10.1 Å². The predicted molar refractivity (Wildman–Crippen MR) is 67.2 cm³/mol. The summed E-state index contributed by atoms with van der Waals surface area (Å²) < 4.78 is 4.96. The quantitative estimate of drug-likeness (QED) is 0.662. The van der Waals surface area contributed by atoms with Gasteiger partial charge in [-0.05, 0) is 12.1 Å². The maximum absolute atomic E-state index is 11.0. The second-order valence-corrected chi connectivity index (χ2v) is 3.46. The van der Waals surface area contributed by atoms with Gasteiger partial charge in [0.2, 0.25) is 11.6 Å². The number of anilines is 2. The monoisotopic (exact) mass is 245 g/mol. The highest BCUT2D eigenvalue weighted by molar-refractivity contribution is 5.69. The van der Waals surface area contributed by atoms with Crippen LogP contribution in [0.3, 0.4) is 0 Å². The Morgan fingerprint density at radius 1 is 1.28 bits per heavy atom. The molecule has 92 valence electrons. The number of ether oxygens (including phenoxy) is 1. The largest absolute Gasteiger partial charge is 0.490 e. The Morgan fingerprint density at radius 3 is 2.61 bits per heavy atom. The van der Waals surface area contributed by atoms with E-state index in [1.165, 1.54) is 19.4 Å². The SMILES string of the molecule is COc1ccnc(Nc2ccccc2)c1[N+](=O)[O-]. The van der Waals surface area contributed by atoms with Gasteiger partial charge in [-0.15, -0.1) is 0 Å². The molecule has 0 saturated heterocycles. The molecule has 2 aromatic rings. The summed E-state index contributed by atoms with van der Waals surface area (Å²) in [6.07, 6.45) is 1.46. The molecule has 1 heterocycles. The number of rotatable bonds is 4. The Hall–Kier alpha value is -2.63. The van der Waals surface area contributed by atoms with Crippen LogP contribution in [-0.2, 0) is 0 Å². The molecule has 0 spiro atoms. The van der Waals surface area contributed by atoms with Gasteiger partial charge in [-0.25, -0.2) is 4.98 Å². The zero-order valence-electron chi connectivity index (χ0n) is 9.66. The maximum atomic E-state index is 11.0. The number of aromatic nitrogens is 1. The summed E-state index contributed by atoms with van der Waals surface area (Å²) in [6, 6.07) is 10.6. The zero-order chi connectivity index (χ0) is 13.0. The van der Waals surface area contributed by atoms with E-state index in [4.69, 9.17) is 4.74 Å². The van der Waals surface area contributed by atoms with E-state index >= 15 is 0 Å². The topological polar surface area (TPSA) is 77.3 Å². The lowest BCUT2D eigenvalue weighted by molar-refractivity contribution is -0.385. The molecule has 0 aliphatic carbocycles. The van der Waals surface area contributed by atoms with Crippen LogP contribution in [0.15, 0.2) is 42.6 Å². The molecule has 0 unspecified atom stereocenters. The van der Waals surface area contributed by atoms with E-state index in [-0.39, 0.29) is 17.3 Å². The maximum Gasteiger partial charge on any atom is 0.353 e. The first-order valence-corrected chi connectivity index (χ1v) is 5.22. The molecule has 1 aromatic carbocycles. The highest BCUT2D eigenvalue weighted by atomic mass is 16.6. The molecule has 18 heavy (non-hydrogen) atoms. The Kier molecular flexibility index (Phi) is 3.38. The van der Waals surface area contributed by atoms with Gasteiger partial charge in [0.15, 0.2) is 0 Å². The summed E-state index contributed by atoms with van der Waals surface area (Å²) in [6.45, 7) is 0. The van der Waals surface area contributed by atoms with Crippen LogP contribution in [0, 0.1) is 10.1 Å². The number of benzene rings is 1. The van der Waals surface area contributed by atoms with E-state index < -0.39 is 4.92 Å². The molecule has 0 saturated carbocycles. The van der Waals surface area contributed by atoms with Crippen molar-refractivity contribution in [2.75, 3.05) is 12.4 Å². The Bertz CT molecular complexity index is 558. The van der Waals surface area contributed by atoms with Gasteiger partial charge in [-0.1, -0.05) is 18.2 Å². The van der Waals surface area contributed by atoms with Gasteiger partial charge in [-0.2, -0.15) is 0 Å². The average Bonchev–Trinajstić information content (AvgIpc) is 2.39. The first-order chi connectivity index (χ1) is 8.72. The Balaban J connectivity index is 2.42. The third-order valence-electron chi connectivity index (χ3n) is 2.33. The minimum atomic E-state index is -0.517. The fourth-order valence-electron chi connectivity index (χ4n) is 1.53. The van der Waals surface area contributed by atoms with Crippen LogP contribution >= 0.6 is 0 Å². The van der Waals surface area contributed by atoms with Gasteiger partial charge in [-0.3, -0.25) is 10.1 Å². The van der Waals surface area contributed by atoms with E-state index in [1.807, 2.05) is 18.2 Å². The van der Waals surface area contributed by atoms with Crippen LogP contribution in [0.2, 0.25) is 0 Å². The highest BCUT2D eigenvalue weighted by Crippen LogP contribution is 2.33. The standard InChI is InChI=1S/C12H11N3O3/c1-18-10-7-8-13-12(11(10)15(16)17)14-9-5-3-2-4-6-9/h2-8H,1H3,(H,13,14). The van der Waals surface area contributed by atoms with Crippen molar-refractivity contribution >= 4 is 17.2 Å². The van der Waals surface area contributed by atoms with Crippen LogP contribution < -0.4 is 10.1 Å². The van der Waals surface area contributed by atoms with Crippen molar-refractivity contribution in [3.63, 3.8) is 0 Å². The number of nitrogens with zero attached hydrogens (tertiary/aromatic N) is 2. The number of para-hydroxylation sites is 1. The van der Waals surface area contributed by atoms with Crippen LogP contribution in [0.5, 0.6) is 5.75 Å². The van der Waals surface area contributed by atoms with Crippen molar-refractivity contribution in [2.45, 2.75) is 0 Å². The van der Waals surface area contributed by atoms with Gasteiger partial charge in [0.05, 0.1) is 12.0 Å². The van der Waals surface area contributed by atoms with Crippen LogP contribution in [-0.4, -0.2) is 17.0 Å². The number of nitrogens with one attached hydrogen (secondary N) is 1. The van der Waals surface area contributed by atoms with Crippen molar-refractivity contribution in [3.8, 4) is 5.75 Å². The summed E-state index contributed by atoms with van der Waals surface area (Å²) >= 11 is 0. The fourth-order valence-corrected chi connectivity index (χ4v) is 1.53. The van der Waals surface area contributed by atoms with Gasteiger partial charge >= 0.3 is 5.69 Å². The molecule has 1 N–H and O–H groups in total. The number of hydrogen-bond acceptors (Lipinski definition) is 5. The smallest absolute Gasteiger partial charge is 0.353 e. The fraction of sp³-hybridized carbons (Fsp3) is 0.0833.